The van der Waals surface area contributed by atoms with E-state index >= 15 is 0 Å². The van der Waals surface area contributed by atoms with Crippen LogP contribution in [0.1, 0.15) is 59.1 Å². The molecule has 1 saturated carbocycles. The van der Waals surface area contributed by atoms with Crippen molar-refractivity contribution in [2.75, 3.05) is 0 Å². The lowest BCUT2D eigenvalue weighted by Crippen LogP contribution is -2.35. The van der Waals surface area contributed by atoms with Crippen LogP contribution in [0.25, 0.3) is 0 Å². The summed E-state index contributed by atoms with van der Waals surface area (Å²) in [5.41, 5.74) is 1.45. The Morgan fingerprint density at radius 1 is 0.731 bits per heavy atom. The van der Waals surface area contributed by atoms with E-state index in [1.54, 1.807) is 13.0 Å². The molecular formula is C22H25F3O. The van der Waals surface area contributed by atoms with Gasteiger partial charge in [-0.15, -0.1) is 0 Å². The van der Waals surface area contributed by atoms with Crippen LogP contribution in [0.15, 0.2) is 36.4 Å². The summed E-state index contributed by atoms with van der Waals surface area (Å²) in [4.78, 5) is 0. The van der Waals surface area contributed by atoms with Crippen LogP contribution in [0.2, 0.25) is 0 Å². The van der Waals surface area contributed by atoms with Crippen LogP contribution in [-0.4, -0.2) is 5.11 Å². The Labute approximate surface area is 152 Å². The summed E-state index contributed by atoms with van der Waals surface area (Å²) < 4.78 is 40.1. The highest BCUT2D eigenvalue weighted by atomic mass is 19.4. The van der Waals surface area contributed by atoms with E-state index in [1.165, 1.54) is 0 Å². The van der Waals surface area contributed by atoms with Gasteiger partial charge in [-0.3, -0.25) is 0 Å². The zero-order valence-electron chi connectivity index (χ0n) is 15.5. The van der Waals surface area contributed by atoms with E-state index in [4.69, 9.17) is 0 Å². The van der Waals surface area contributed by atoms with E-state index in [0.717, 1.165) is 48.9 Å². The largest absolute Gasteiger partial charge is 0.416 e. The summed E-state index contributed by atoms with van der Waals surface area (Å²) in [5.74, 6) is -0.0772. The Morgan fingerprint density at radius 2 is 1.15 bits per heavy atom. The number of aliphatic hydroxyl groups is 1. The van der Waals surface area contributed by atoms with Crippen molar-refractivity contribution in [1.29, 1.82) is 0 Å². The molecule has 1 nitrogen and oxygen atoms in total. The minimum absolute atomic E-state index is 0.0772. The summed E-state index contributed by atoms with van der Waals surface area (Å²) >= 11 is 0. The zero-order valence-corrected chi connectivity index (χ0v) is 15.5. The number of hydrogen-bond donors (Lipinski definition) is 1. The lowest BCUT2D eigenvalue weighted by atomic mass is 9.74. The summed E-state index contributed by atoms with van der Waals surface area (Å²) in [6.07, 6.45) is -0.803. The molecule has 0 heterocycles. The van der Waals surface area contributed by atoms with Crippen LogP contribution >= 0.6 is 0 Å². The van der Waals surface area contributed by atoms with Crippen LogP contribution in [0.5, 0.6) is 0 Å². The first-order valence-corrected chi connectivity index (χ1v) is 9.11. The second-order valence-corrected chi connectivity index (χ2v) is 7.71. The van der Waals surface area contributed by atoms with Crippen LogP contribution in [-0.2, 0) is 11.8 Å². The molecule has 4 heteroatoms. The molecular weight excluding hydrogens is 337 g/mol. The smallest absolute Gasteiger partial charge is 0.380 e. The Bertz CT molecular complexity index is 783. The van der Waals surface area contributed by atoms with Crippen molar-refractivity contribution in [1.82, 2.24) is 0 Å². The lowest BCUT2D eigenvalue weighted by molar-refractivity contribution is -0.137. The minimum atomic E-state index is -4.43. The second-order valence-electron chi connectivity index (χ2n) is 7.71. The van der Waals surface area contributed by atoms with Gasteiger partial charge in [0, 0.05) is 0 Å². The minimum Gasteiger partial charge on any atom is -0.380 e. The van der Waals surface area contributed by atoms with Crippen molar-refractivity contribution in [3.8, 4) is 0 Å². The normalized spacial score (nSPS) is 18.1. The molecule has 3 rings (SSSR count). The highest BCUT2D eigenvalue weighted by Crippen LogP contribution is 2.46. The molecule has 2 aromatic rings. The Balaban J connectivity index is 2.23. The van der Waals surface area contributed by atoms with Crippen molar-refractivity contribution < 1.29 is 18.3 Å². The van der Waals surface area contributed by atoms with E-state index in [9.17, 15) is 18.3 Å². The molecule has 1 N–H and O–H groups in total. The monoisotopic (exact) mass is 362 g/mol. The number of hydrogen-bond acceptors (Lipinski definition) is 1. The van der Waals surface area contributed by atoms with E-state index < -0.39 is 17.3 Å². The van der Waals surface area contributed by atoms with Gasteiger partial charge < -0.3 is 5.11 Å². The SMILES string of the molecule is Cc1cc(C)cc(C(O)(c2cc(C)cc(C(F)(F)F)c2)C2CCCC2)c1. The summed E-state index contributed by atoms with van der Waals surface area (Å²) in [6.45, 7) is 5.54. The van der Waals surface area contributed by atoms with Gasteiger partial charge >= 0.3 is 6.18 Å². The number of rotatable bonds is 3. The van der Waals surface area contributed by atoms with Gasteiger partial charge in [0.25, 0.3) is 0 Å². The molecule has 1 fully saturated rings. The van der Waals surface area contributed by atoms with Crippen LogP contribution in [0.4, 0.5) is 13.2 Å². The first-order chi connectivity index (χ1) is 12.1. The van der Waals surface area contributed by atoms with Gasteiger partial charge in [0.1, 0.15) is 5.60 Å². The van der Waals surface area contributed by atoms with Gasteiger partial charge in [0.05, 0.1) is 5.56 Å². The number of alkyl halides is 3. The maximum atomic E-state index is 13.4. The molecule has 0 spiro atoms. The quantitative estimate of drug-likeness (QED) is 0.704. The van der Waals surface area contributed by atoms with Crippen LogP contribution in [0, 0.1) is 26.7 Å². The molecule has 0 bridgehead atoms. The van der Waals surface area contributed by atoms with E-state index in [2.05, 4.69) is 0 Å². The van der Waals surface area contributed by atoms with Gasteiger partial charge in [-0.25, -0.2) is 0 Å². The van der Waals surface area contributed by atoms with Gasteiger partial charge in [-0.05, 0) is 62.8 Å². The molecule has 0 radical (unpaired) electrons. The van der Waals surface area contributed by atoms with E-state index in [0.29, 0.717) is 16.7 Å². The predicted molar refractivity (Wildman–Crippen MR) is 97.1 cm³/mol. The van der Waals surface area contributed by atoms with Gasteiger partial charge in [-0.1, -0.05) is 53.8 Å². The Kier molecular flexibility index (Phi) is 4.91. The molecule has 1 aliphatic carbocycles. The predicted octanol–water partition coefficient (Wildman–Crippen LogP) is 6.06. The Hall–Kier alpha value is -1.81. The summed E-state index contributed by atoms with van der Waals surface area (Å²) in [5, 5.41) is 11.8. The van der Waals surface area contributed by atoms with Crippen molar-refractivity contribution >= 4 is 0 Å². The lowest BCUT2D eigenvalue weighted by Gasteiger charge is -2.36. The number of benzene rings is 2. The molecule has 1 atom stereocenters. The van der Waals surface area contributed by atoms with Crippen LogP contribution < -0.4 is 0 Å². The average molecular weight is 362 g/mol. The molecule has 0 aromatic heterocycles. The fraction of sp³-hybridized carbons (Fsp3) is 0.455. The molecule has 0 amide bonds. The molecule has 0 aliphatic heterocycles. The summed E-state index contributed by atoms with van der Waals surface area (Å²) in [7, 11) is 0. The van der Waals surface area contributed by atoms with E-state index in [1.807, 2.05) is 32.0 Å². The fourth-order valence-corrected chi connectivity index (χ4v) is 4.34. The molecule has 2 aromatic carbocycles. The highest BCUT2D eigenvalue weighted by molar-refractivity contribution is 5.44. The van der Waals surface area contributed by atoms with Crippen molar-refractivity contribution in [3.63, 3.8) is 0 Å². The zero-order chi connectivity index (χ0) is 19.1. The highest BCUT2D eigenvalue weighted by Gasteiger charge is 2.43. The molecule has 1 unspecified atom stereocenters. The molecule has 140 valence electrons. The van der Waals surface area contributed by atoms with Crippen molar-refractivity contribution in [2.45, 2.75) is 58.2 Å². The van der Waals surface area contributed by atoms with E-state index in [-0.39, 0.29) is 5.92 Å². The standard InChI is InChI=1S/C22H25F3O/c1-14-8-15(2)10-18(9-14)21(26,17-6-4-5-7-17)19-11-16(3)12-20(13-19)22(23,24)25/h8-13,17,26H,4-7H2,1-3H3. The first kappa shape index (κ1) is 19.0. The second kappa shape index (κ2) is 6.73. The molecule has 1 aliphatic rings. The summed E-state index contributed by atoms with van der Waals surface area (Å²) in [6, 6.07) is 9.78. The van der Waals surface area contributed by atoms with Crippen LogP contribution in [0.3, 0.4) is 0 Å². The number of aryl methyl sites for hydroxylation is 3. The fourth-order valence-electron chi connectivity index (χ4n) is 4.34. The third-order valence-electron chi connectivity index (χ3n) is 5.45. The topological polar surface area (TPSA) is 20.2 Å². The third kappa shape index (κ3) is 3.52. The maximum Gasteiger partial charge on any atom is 0.416 e. The van der Waals surface area contributed by atoms with Gasteiger partial charge in [0.2, 0.25) is 0 Å². The maximum absolute atomic E-state index is 13.4. The Morgan fingerprint density at radius 3 is 1.65 bits per heavy atom. The average Bonchev–Trinajstić information content (AvgIpc) is 3.06. The first-order valence-electron chi connectivity index (χ1n) is 9.11. The van der Waals surface area contributed by atoms with Crippen molar-refractivity contribution in [3.05, 3.63) is 69.8 Å². The number of halogens is 3. The molecule has 0 saturated heterocycles. The van der Waals surface area contributed by atoms with Gasteiger partial charge in [0.15, 0.2) is 0 Å². The third-order valence-corrected chi connectivity index (χ3v) is 5.45. The molecule has 26 heavy (non-hydrogen) atoms. The van der Waals surface area contributed by atoms with Crippen molar-refractivity contribution in [2.24, 2.45) is 5.92 Å². The van der Waals surface area contributed by atoms with Gasteiger partial charge in [-0.2, -0.15) is 13.2 Å².